The van der Waals surface area contributed by atoms with Gasteiger partial charge in [-0.3, -0.25) is 14.4 Å². The van der Waals surface area contributed by atoms with Crippen LogP contribution in [0.3, 0.4) is 0 Å². The second-order valence-corrected chi connectivity index (χ2v) is 17.7. The highest BCUT2D eigenvalue weighted by molar-refractivity contribution is 5.71. The maximum absolute atomic E-state index is 12.7. The fourth-order valence-corrected chi connectivity index (χ4v) is 7.28. The Balaban J connectivity index is 4.26. The summed E-state index contributed by atoms with van der Waals surface area (Å²) in [5.74, 6) is 0.741. The van der Waals surface area contributed by atoms with Crippen LogP contribution in [-0.2, 0) is 28.6 Å². The lowest BCUT2D eigenvalue weighted by Gasteiger charge is -2.18. The smallest absolute Gasteiger partial charge is 0.306 e. The molecule has 326 valence electrons. The van der Waals surface area contributed by atoms with Crippen LogP contribution in [0.25, 0.3) is 0 Å². The van der Waals surface area contributed by atoms with E-state index in [1.54, 1.807) is 0 Å². The standard InChI is InChI=1S/C49H94O6/c1-6-7-8-9-10-11-12-17-20-23-29-34-39-47(50)53-42-46(55-49(52)41-36-31-26-25-28-33-38-45(4)5)43-54-48(51)40-35-30-24-21-18-15-13-14-16-19-22-27-32-37-44(2)3/h44-46H,6-43H2,1-5H3/t46-/m1/s1. The zero-order valence-corrected chi connectivity index (χ0v) is 37.6. The van der Waals surface area contributed by atoms with Gasteiger partial charge in [0.05, 0.1) is 0 Å². The second kappa shape index (κ2) is 42.0. The topological polar surface area (TPSA) is 78.9 Å². The summed E-state index contributed by atoms with van der Waals surface area (Å²) in [4.78, 5) is 37.7. The summed E-state index contributed by atoms with van der Waals surface area (Å²) in [6.45, 7) is 11.3. The summed E-state index contributed by atoms with van der Waals surface area (Å²) < 4.78 is 16.7. The Hall–Kier alpha value is -1.59. The van der Waals surface area contributed by atoms with Gasteiger partial charge < -0.3 is 14.2 Å². The van der Waals surface area contributed by atoms with Crippen LogP contribution < -0.4 is 0 Å². The highest BCUT2D eigenvalue weighted by Crippen LogP contribution is 2.17. The molecule has 0 spiro atoms. The summed E-state index contributed by atoms with van der Waals surface area (Å²) in [6.07, 6.45) is 41.0. The van der Waals surface area contributed by atoms with E-state index >= 15 is 0 Å². The molecular weight excluding hydrogens is 685 g/mol. The number of rotatable bonds is 43. The molecule has 0 radical (unpaired) electrons. The summed E-state index contributed by atoms with van der Waals surface area (Å²) in [5.41, 5.74) is 0. The van der Waals surface area contributed by atoms with E-state index in [9.17, 15) is 14.4 Å². The first kappa shape index (κ1) is 53.4. The van der Waals surface area contributed by atoms with E-state index in [0.717, 1.165) is 69.6 Å². The minimum atomic E-state index is -0.761. The lowest BCUT2D eigenvalue weighted by Crippen LogP contribution is -2.30. The monoisotopic (exact) mass is 779 g/mol. The molecule has 0 rings (SSSR count). The molecule has 0 aromatic heterocycles. The van der Waals surface area contributed by atoms with Crippen LogP contribution in [0.5, 0.6) is 0 Å². The largest absolute Gasteiger partial charge is 0.462 e. The maximum Gasteiger partial charge on any atom is 0.306 e. The lowest BCUT2D eigenvalue weighted by atomic mass is 10.0. The van der Waals surface area contributed by atoms with Gasteiger partial charge >= 0.3 is 17.9 Å². The lowest BCUT2D eigenvalue weighted by molar-refractivity contribution is -0.167. The molecule has 0 aromatic carbocycles. The second-order valence-electron chi connectivity index (χ2n) is 17.7. The molecule has 0 aliphatic rings. The molecule has 0 unspecified atom stereocenters. The van der Waals surface area contributed by atoms with Gasteiger partial charge in [-0.15, -0.1) is 0 Å². The van der Waals surface area contributed by atoms with Crippen LogP contribution >= 0.6 is 0 Å². The highest BCUT2D eigenvalue weighted by atomic mass is 16.6. The first-order valence-corrected chi connectivity index (χ1v) is 24.2. The Morgan fingerprint density at radius 3 is 0.891 bits per heavy atom. The molecule has 0 N–H and O–H groups in total. The van der Waals surface area contributed by atoms with E-state index in [1.807, 2.05) is 0 Å². The molecule has 6 nitrogen and oxygen atoms in total. The molecule has 0 heterocycles. The van der Waals surface area contributed by atoms with Crippen molar-refractivity contribution in [3.63, 3.8) is 0 Å². The van der Waals surface area contributed by atoms with Gasteiger partial charge in [-0.25, -0.2) is 0 Å². The quantitative estimate of drug-likeness (QED) is 0.0348. The van der Waals surface area contributed by atoms with Crippen molar-refractivity contribution < 1.29 is 28.6 Å². The summed E-state index contributed by atoms with van der Waals surface area (Å²) in [7, 11) is 0. The van der Waals surface area contributed by atoms with E-state index < -0.39 is 6.10 Å². The number of hydrogen-bond acceptors (Lipinski definition) is 6. The van der Waals surface area contributed by atoms with Gasteiger partial charge in [0, 0.05) is 19.3 Å². The molecule has 0 aromatic rings. The molecular formula is C49H94O6. The number of hydrogen-bond donors (Lipinski definition) is 0. The molecule has 0 saturated carbocycles. The van der Waals surface area contributed by atoms with E-state index in [-0.39, 0.29) is 31.1 Å². The zero-order chi connectivity index (χ0) is 40.5. The molecule has 0 amide bonds. The number of unbranched alkanes of at least 4 members (excludes halogenated alkanes) is 28. The third kappa shape index (κ3) is 43.4. The van der Waals surface area contributed by atoms with Crippen molar-refractivity contribution in [3.8, 4) is 0 Å². The van der Waals surface area contributed by atoms with Crippen LogP contribution in [0.4, 0.5) is 0 Å². The van der Waals surface area contributed by atoms with Crippen molar-refractivity contribution in [2.75, 3.05) is 13.2 Å². The number of esters is 3. The SMILES string of the molecule is CCCCCCCCCCCCCCC(=O)OC[C@H](COC(=O)CCCCCCCCCCCCCCCC(C)C)OC(=O)CCCCCCCCC(C)C. The summed E-state index contributed by atoms with van der Waals surface area (Å²) in [5, 5.41) is 0. The Morgan fingerprint density at radius 1 is 0.345 bits per heavy atom. The molecule has 0 saturated heterocycles. The Bertz CT molecular complexity index is 839. The van der Waals surface area contributed by atoms with Crippen molar-refractivity contribution >= 4 is 17.9 Å². The fourth-order valence-electron chi connectivity index (χ4n) is 7.28. The van der Waals surface area contributed by atoms with Crippen LogP contribution in [0.2, 0.25) is 0 Å². The average Bonchev–Trinajstić information content (AvgIpc) is 3.15. The van der Waals surface area contributed by atoms with Gasteiger partial charge in [0.2, 0.25) is 0 Å². The van der Waals surface area contributed by atoms with Gasteiger partial charge in [-0.05, 0) is 31.1 Å². The van der Waals surface area contributed by atoms with Gasteiger partial charge in [0.15, 0.2) is 6.10 Å². The number of carbonyl (C=O) groups excluding carboxylic acids is 3. The normalized spacial score (nSPS) is 12.1. The van der Waals surface area contributed by atoms with Gasteiger partial charge in [-0.2, -0.15) is 0 Å². The van der Waals surface area contributed by atoms with E-state index in [0.29, 0.717) is 19.3 Å². The van der Waals surface area contributed by atoms with Crippen LogP contribution in [0.1, 0.15) is 266 Å². The molecule has 0 aliphatic carbocycles. The maximum atomic E-state index is 12.7. The van der Waals surface area contributed by atoms with Crippen molar-refractivity contribution in [1.29, 1.82) is 0 Å². The fraction of sp³-hybridized carbons (Fsp3) is 0.939. The third-order valence-corrected chi connectivity index (χ3v) is 11.0. The Kier molecular flexibility index (Phi) is 40.8. The summed E-state index contributed by atoms with van der Waals surface area (Å²) >= 11 is 0. The van der Waals surface area contributed by atoms with Gasteiger partial charge in [-0.1, -0.05) is 227 Å². The van der Waals surface area contributed by atoms with Gasteiger partial charge in [0.25, 0.3) is 0 Å². The minimum absolute atomic E-state index is 0.0652. The van der Waals surface area contributed by atoms with Crippen molar-refractivity contribution in [2.24, 2.45) is 11.8 Å². The first-order valence-electron chi connectivity index (χ1n) is 24.2. The third-order valence-electron chi connectivity index (χ3n) is 11.0. The Labute approximate surface area is 342 Å². The molecule has 0 bridgehead atoms. The van der Waals surface area contributed by atoms with Crippen LogP contribution in [0.15, 0.2) is 0 Å². The van der Waals surface area contributed by atoms with Gasteiger partial charge in [0.1, 0.15) is 13.2 Å². The zero-order valence-electron chi connectivity index (χ0n) is 37.6. The van der Waals surface area contributed by atoms with Crippen LogP contribution in [0, 0.1) is 11.8 Å². The van der Waals surface area contributed by atoms with E-state index in [4.69, 9.17) is 14.2 Å². The number of carbonyl (C=O) groups is 3. The van der Waals surface area contributed by atoms with Crippen LogP contribution in [-0.4, -0.2) is 37.2 Å². The van der Waals surface area contributed by atoms with Crippen molar-refractivity contribution in [3.05, 3.63) is 0 Å². The Morgan fingerprint density at radius 2 is 0.600 bits per heavy atom. The first-order chi connectivity index (χ1) is 26.7. The number of ether oxygens (including phenoxy) is 3. The van der Waals surface area contributed by atoms with Crippen molar-refractivity contribution in [2.45, 2.75) is 272 Å². The van der Waals surface area contributed by atoms with Crippen molar-refractivity contribution in [1.82, 2.24) is 0 Å². The predicted molar refractivity (Wildman–Crippen MR) is 233 cm³/mol. The van der Waals surface area contributed by atoms with E-state index in [2.05, 4.69) is 34.6 Å². The molecule has 55 heavy (non-hydrogen) atoms. The summed E-state index contributed by atoms with van der Waals surface area (Å²) in [6, 6.07) is 0. The molecule has 0 fully saturated rings. The molecule has 6 heteroatoms. The molecule has 1 atom stereocenters. The highest BCUT2D eigenvalue weighted by Gasteiger charge is 2.19. The predicted octanol–water partition coefficient (Wildman–Crippen LogP) is 15.4. The average molecular weight is 779 g/mol. The molecule has 0 aliphatic heterocycles. The minimum Gasteiger partial charge on any atom is -0.462 e. The van der Waals surface area contributed by atoms with E-state index in [1.165, 1.54) is 154 Å².